The van der Waals surface area contributed by atoms with Crippen molar-refractivity contribution in [2.45, 2.75) is 33.7 Å². The normalized spacial score (nSPS) is 10.4. The van der Waals surface area contributed by atoms with Gasteiger partial charge in [-0.05, 0) is 27.7 Å². The molecule has 0 aliphatic carbocycles. The maximum Gasteiger partial charge on any atom is 0.302 e. The number of anilines is 2. The Balaban J connectivity index is 3.28. The Kier molecular flexibility index (Phi) is 4.84. The zero-order valence-corrected chi connectivity index (χ0v) is 12.2. The summed E-state index contributed by atoms with van der Waals surface area (Å²) in [5.74, 6) is -0.367. The summed E-state index contributed by atoms with van der Waals surface area (Å²) in [6, 6.07) is 0.242. The third-order valence-electron chi connectivity index (χ3n) is 2.74. The second-order valence-corrected chi connectivity index (χ2v) is 4.59. The molecule has 0 saturated heterocycles. The van der Waals surface area contributed by atoms with Crippen molar-refractivity contribution >= 4 is 23.5 Å². The number of nitrogens with two attached hydrogens (primary N) is 3. The highest BCUT2D eigenvalue weighted by molar-refractivity contribution is 6.03. The van der Waals surface area contributed by atoms with Crippen LogP contribution in [0.1, 0.15) is 37.0 Å². The number of carbonyl (C=O) groups is 1. The van der Waals surface area contributed by atoms with Crippen molar-refractivity contribution in [2.24, 2.45) is 16.5 Å². The summed E-state index contributed by atoms with van der Waals surface area (Å²) in [7, 11) is 0. The van der Waals surface area contributed by atoms with E-state index in [-0.39, 0.29) is 23.5 Å². The average Bonchev–Trinajstić information content (AvgIpc) is 2.32. The van der Waals surface area contributed by atoms with Crippen molar-refractivity contribution in [2.75, 3.05) is 17.2 Å². The summed E-state index contributed by atoms with van der Waals surface area (Å²) in [6.07, 6.45) is 0. The van der Waals surface area contributed by atoms with E-state index in [1.807, 2.05) is 25.7 Å². The fourth-order valence-electron chi connectivity index (χ4n) is 1.88. The van der Waals surface area contributed by atoms with E-state index in [0.717, 1.165) is 6.54 Å². The highest BCUT2D eigenvalue weighted by Crippen LogP contribution is 2.21. The molecule has 0 saturated carbocycles. The van der Waals surface area contributed by atoms with E-state index in [2.05, 4.69) is 15.0 Å². The molecule has 0 aliphatic heterocycles. The van der Waals surface area contributed by atoms with Gasteiger partial charge in [0.2, 0.25) is 0 Å². The van der Waals surface area contributed by atoms with Crippen LogP contribution < -0.4 is 22.1 Å². The van der Waals surface area contributed by atoms with E-state index in [1.165, 1.54) is 0 Å². The van der Waals surface area contributed by atoms with Gasteiger partial charge in [-0.15, -0.1) is 0 Å². The van der Waals surface area contributed by atoms with Gasteiger partial charge in [-0.1, -0.05) is 0 Å². The monoisotopic (exact) mass is 279 g/mol. The molecule has 1 aromatic rings. The molecule has 8 nitrogen and oxygen atoms in total. The van der Waals surface area contributed by atoms with Gasteiger partial charge in [0, 0.05) is 12.6 Å². The summed E-state index contributed by atoms with van der Waals surface area (Å²) in [5.41, 5.74) is 16.7. The molecule has 1 aromatic heterocycles. The maximum atomic E-state index is 11.8. The summed E-state index contributed by atoms with van der Waals surface area (Å²) in [6.45, 7) is 8.61. The lowest BCUT2D eigenvalue weighted by molar-refractivity contribution is 0.0998. The molecule has 6 N–H and O–H groups in total. The third kappa shape index (κ3) is 3.34. The molecule has 110 valence electrons. The van der Waals surface area contributed by atoms with E-state index >= 15 is 0 Å². The Bertz CT molecular complexity index is 535. The second kappa shape index (κ2) is 6.18. The Hall–Kier alpha value is -2.38. The molecule has 0 aliphatic rings. The lowest BCUT2D eigenvalue weighted by Gasteiger charge is -2.27. The van der Waals surface area contributed by atoms with Crippen LogP contribution in [-0.2, 0) is 0 Å². The lowest BCUT2D eigenvalue weighted by Crippen LogP contribution is -2.32. The van der Waals surface area contributed by atoms with Gasteiger partial charge >= 0.3 is 5.91 Å². The Morgan fingerprint density at radius 2 is 1.95 bits per heavy atom. The molecule has 0 unspecified atom stereocenters. The first kappa shape index (κ1) is 15.7. The van der Waals surface area contributed by atoms with Crippen molar-refractivity contribution in [1.29, 1.82) is 0 Å². The van der Waals surface area contributed by atoms with E-state index in [9.17, 15) is 4.79 Å². The van der Waals surface area contributed by atoms with Crippen LogP contribution in [0.3, 0.4) is 0 Å². The number of nitrogens with zero attached hydrogens (tertiary/aromatic N) is 4. The fraction of sp³-hybridized carbons (Fsp3) is 0.500. The first-order valence-corrected chi connectivity index (χ1v) is 6.32. The minimum atomic E-state index is -0.697. The van der Waals surface area contributed by atoms with E-state index in [4.69, 9.17) is 17.2 Å². The highest BCUT2D eigenvalue weighted by Gasteiger charge is 2.19. The summed E-state index contributed by atoms with van der Waals surface area (Å²) >= 11 is 0. The number of hydrogen-bond donors (Lipinski definition) is 3. The number of guanidine groups is 1. The molecular formula is C12H21N7O. The van der Waals surface area contributed by atoms with Crippen LogP contribution in [0.2, 0.25) is 0 Å². The van der Waals surface area contributed by atoms with Crippen molar-refractivity contribution in [3.63, 3.8) is 0 Å². The van der Waals surface area contributed by atoms with Crippen molar-refractivity contribution in [3.05, 3.63) is 11.4 Å². The lowest BCUT2D eigenvalue weighted by atomic mass is 10.2. The van der Waals surface area contributed by atoms with Gasteiger partial charge in [0.15, 0.2) is 23.3 Å². The SMILES string of the molecule is CCN(c1nc(N)c(C(=O)N=C(N)N)nc1C)C(C)C. The molecule has 0 atom stereocenters. The molecule has 0 radical (unpaired) electrons. The quantitative estimate of drug-likeness (QED) is 0.521. The van der Waals surface area contributed by atoms with E-state index in [0.29, 0.717) is 11.5 Å². The predicted octanol–water partition coefficient (Wildman–Crippen LogP) is 0.0155. The molecule has 1 rings (SSSR count). The van der Waals surface area contributed by atoms with Gasteiger partial charge in [-0.3, -0.25) is 4.79 Å². The van der Waals surface area contributed by atoms with Gasteiger partial charge in [0.1, 0.15) is 0 Å². The number of aliphatic imine (C=N–C) groups is 1. The Labute approximate surface area is 118 Å². The zero-order chi connectivity index (χ0) is 15.4. The molecule has 0 bridgehead atoms. The van der Waals surface area contributed by atoms with E-state index in [1.54, 1.807) is 6.92 Å². The summed E-state index contributed by atoms with van der Waals surface area (Å²) in [5, 5.41) is 0. The number of rotatable bonds is 4. The molecule has 8 heteroatoms. The topological polar surface area (TPSA) is 137 Å². The average molecular weight is 279 g/mol. The molecule has 0 spiro atoms. The molecule has 1 heterocycles. The number of aryl methyl sites for hydroxylation is 1. The van der Waals surface area contributed by atoms with Crippen molar-refractivity contribution < 1.29 is 4.79 Å². The molecular weight excluding hydrogens is 258 g/mol. The number of nitrogen functional groups attached to an aromatic ring is 1. The number of carbonyl (C=O) groups excluding carboxylic acids is 1. The van der Waals surface area contributed by atoms with Gasteiger partial charge < -0.3 is 22.1 Å². The van der Waals surface area contributed by atoms with Gasteiger partial charge in [0.25, 0.3) is 0 Å². The fourth-order valence-corrected chi connectivity index (χ4v) is 1.88. The first-order chi connectivity index (χ1) is 9.27. The third-order valence-corrected chi connectivity index (χ3v) is 2.74. The number of amides is 1. The number of hydrogen-bond acceptors (Lipinski definition) is 5. The highest BCUT2D eigenvalue weighted by atomic mass is 16.1. The van der Waals surface area contributed by atoms with Gasteiger partial charge in [-0.25, -0.2) is 9.97 Å². The minimum Gasteiger partial charge on any atom is -0.382 e. The number of aromatic nitrogens is 2. The molecule has 0 fully saturated rings. The minimum absolute atomic E-state index is 0.0136. The van der Waals surface area contributed by atoms with Crippen molar-refractivity contribution in [1.82, 2.24) is 9.97 Å². The molecule has 1 amide bonds. The zero-order valence-electron chi connectivity index (χ0n) is 12.2. The van der Waals surface area contributed by atoms with Crippen LogP contribution in [-0.4, -0.2) is 34.4 Å². The standard InChI is InChI=1S/C12H21N7O/c1-5-19(6(2)3)10-7(4)16-8(9(13)17-10)11(20)18-12(14)15/h6H,5H2,1-4H3,(H2,13,17)(H4,14,15,18,20). The van der Waals surface area contributed by atoms with Crippen LogP contribution in [0.5, 0.6) is 0 Å². The largest absolute Gasteiger partial charge is 0.382 e. The van der Waals surface area contributed by atoms with Crippen LogP contribution in [0.4, 0.5) is 11.6 Å². The van der Waals surface area contributed by atoms with Crippen LogP contribution in [0, 0.1) is 6.92 Å². The van der Waals surface area contributed by atoms with E-state index < -0.39 is 5.91 Å². The van der Waals surface area contributed by atoms with Crippen molar-refractivity contribution in [3.8, 4) is 0 Å². The molecule has 0 aromatic carbocycles. The summed E-state index contributed by atoms with van der Waals surface area (Å²) < 4.78 is 0. The van der Waals surface area contributed by atoms with Crippen LogP contribution in [0.25, 0.3) is 0 Å². The molecule has 20 heavy (non-hydrogen) atoms. The van der Waals surface area contributed by atoms with Crippen LogP contribution >= 0.6 is 0 Å². The smallest absolute Gasteiger partial charge is 0.302 e. The van der Waals surface area contributed by atoms with Gasteiger partial charge in [0.05, 0.1) is 5.69 Å². The predicted molar refractivity (Wildman–Crippen MR) is 79.5 cm³/mol. The maximum absolute atomic E-state index is 11.8. The Morgan fingerprint density at radius 3 is 2.40 bits per heavy atom. The van der Waals surface area contributed by atoms with Gasteiger partial charge in [-0.2, -0.15) is 4.99 Å². The first-order valence-electron chi connectivity index (χ1n) is 6.32. The summed E-state index contributed by atoms with van der Waals surface area (Å²) in [4.78, 5) is 25.7. The Morgan fingerprint density at radius 1 is 1.35 bits per heavy atom. The van der Waals surface area contributed by atoms with Crippen LogP contribution in [0.15, 0.2) is 4.99 Å². The second-order valence-electron chi connectivity index (χ2n) is 4.59.